The van der Waals surface area contributed by atoms with Crippen molar-refractivity contribution in [3.05, 3.63) is 59.3 Å². The summed E-state index contributed by atoms with van der Waals surface area (Å²) in [5.74, 6) is 0.822. The molecular formula is C14H16FNO. The zero-order chi connectivity index (χ0) is 12.1. The van der Waals surface area contributed by atoms with Crippen LogP contribution in [0.25, 0.3) is 0 Å². The molecule has 0 unspecified atom stereocenters. The van der Waals surface area contributed by atoms with E-state index in [2.05, 4.69) is 5.32 Å². The molecule has 0 fully saturated rings. The molecule has 1 heterocycles. The summed E-state index contributed by atoms with van der Waals surface area (Å²) in [4.78, 5) is 0. The topological polar surface area (TPSA) is 25.2 Å². The van der Waals surface area contributed by atoms with E-state index in [1.807, 2.05) is 18.2 Å². The van der Waals surface area contributed by atoms with Crippen molar-refractivity contribution in [2.45, 2.75) is 19.9 Å². The van der Waals surface area contributed by atoms with E-state index in [0.29, 0.717) is 12.1 Å². The minimum Gasteiger partial charge on any atom is -0.469 e. The molecule has 1 aromatic heterocycles. The molecule has 2 nitrogen and oxygen atoms in total. The van der Waals surface area contributed by atoms with Gasteiger partial charge in [0.15, 0.2) is 0 Å². The van der Waals surface area contributed by atoms with E-state index in [1.54, 1.807) is 25.3 Å². The fourth-order valence-electron chi connectivity index (χ4n) is 1.65. The third-order valence-electron chi connectivity index (χ3n) is 2.69. The quantitative estimate of drug-likeness (QED) is 0.803. The van der Waals surface area contributed by atoms with Crippen molar-refractivity contribution in [2.24, 2.45) is 0 Å². The molecule has 0 bridgehead atoms. The highest BCUT2D eigenvalue weighted by molar-refractivity contribution is 5.23. The minimum absolute atomic E-state index is 0.143. The summed E-state index contributed by atoms with van der Waals surface area (Å²) in [7, 11) is 0. The van der Waals surface area contributed by atoms with Gasteiger partial charge in [0.25, 0.3) is 0 Å². The van der Waals surface area contributed by atoms with Gasteiger partial charge in [-0.1, -0.05) is 12.1 Å². The van der Waals surface area contributed by atoms with Crippen LogP contribution in [0.4, 0.5) is 4.39 Å². The Hall–Kier alpha value is -1.61. The monoisotopic (exact) mass is 233 g/mol. The second-order valence-electron chi connectivity index (χ2n) is 4.09. The van der Waals surface area contributed by atoms with Gasteiger partial charge in [-0.05, 0) is 36.2 Å². The van der Waals surface area contributed by atoms with E-state index in [4.69, 9.17) is 4.42 Å². The largest absolute Gasteiger partial charge is 0.469 e. The van der Waals surface area contributed by atoms with Crippen LogP contribution in [-0.2, 0) is 13.0 Å². The molecule has 0 aliphatic carbocycles. The standard InChI is InChI=1S/C14H16FNO/c1-11-4-5-12(9-14(11)15)10-16-7-6-13-3-2-8-17-13/h2-5,8-9,16H,6-7,10H2,1H3. The zero-order valence-corrected chi connectivity index (χ0v) is 9.87. The highest BCUT2D eigenvalue weighted by atomic mass is 19.1. The first-order valence-corrected chi connectivity index (χ1v) is 5.74. The van der Waals surface area contributed by atoms with Gasteiger partial charge in [0.05, 0.1) is 6.26 Å². The Morgan fingerprint density at radius 2 is 2.18 bits per heavy atom. The molecule has 17 heavy (non-hydrogen) atoms. The van der Waals surface area contributed by atoms with Gasteiger partial charge in [0, 0.05) is 19.5 Å². The SMILES string of the molecule is Cc1ccc(CNCCc2ccco2)cc1F. The van der Waals surface area contributed by atoms with Crippen LogP contribution in [0.15, 0.2) is 41.0 Å². The van der Waals surface area contributed by atoms with Crippen LogP contribution in [-0.4, -0.2) is 6.54 Å². The van der Waals surface area contributed by atoms with Crippen LogP contribution < -0.4 is 5.32 Å². The number of furan rings is 1. The van der Waals surface area contributed by atoms with E-state index < -0.39 is 0 Å². The normalized spacial score (nSPS) is 10.7. The van der Waals surface area contributed by atoms with Crippen molar-refractivity contribution in [3.8, 4) is 0 Å². The fourth-order valence-corrected chi connectivity index (χ4v) is 1.65. The first-order chi connectivity index (χ1) is 8.25. The van der Waals surface area contributed by atoms with Crippen LogP contribution in [0.3, 0.4) is 0 Å². The Labute approximate surface area is 100 Å². The lowest BCUT2D eigenvalue weighted by Gasteiger charge is -2.05. The molecule has 0 atom stereocenters. The van der Waals surface area contributed by atoms with Crippen molar-refractivity contribution in [3.63, 3.8) is 0 Å². The van der Waals surface area contributed by atoms with E-state index in [9.17, 15) is 4.39 Å². The third-order valence-corrected chi connectivity index (χ3v) is 2.69. The lowest BCUT2D eigenvalue weighted by Crippen LogP contribution is -2.16. The Bertz CT molecular complexity index is 465. The molecular weight excluding hydrogens is 217 g/mol. The number of benzene rings is 1. The van der Waals surface area contributed by atoms with Crippen molar-refractivity contribution in [2.75, 3.05) is 6.54 Å². The molecule has 90 valence electrons. The van der Waals surface area contributed by atoms with E-state index in [0.717, 1.165) is 24.3 Å². The lowest BCUT2D eigenvalue weighted by atomic mass is 10.1. The summed E-state index contributed by atoms with van der Waals surface area (Å²) >= 11 is 0. The molecule has 0 amide bonds. The summed E-state index contributed by atoms with van der Waals surface area (Å²) < 4.78 is 18.5. The molecule has 0 radical (unpaired) electrons. The summed E-state index contributed by atoms with van der Waals surface area (Å²) in [6.07, 6.45) is 2.52. The lowest BCUT2D eigenvalue weighted by molar-refractivity contribution is 0.498. The molecule has 2 rings (SSSR count). The Morgan fingerprint density at radius 3 is 2.88 bits per heavy atom. The van der Waals surface area contributed by atoms with Crippen molar-refractivity contribution in [1.82, 2.24) is 5.32 Å². The number of hydrogen-bond acceptors (Lipinski definition) is 2. The van der Waals surface area contributed by atoms with Gasteiger partial charge in [-0.25, -0.2) is 4.39 Å². The summed E-state index contributed by atoms with van der Waals surface area (Å²) in [5.41, 5.74) is 1.65. The average molecular weight is 233 g/mol. The summed E-state index contributed by atoms with van der Waals surface area (Å²) in [6, 6.07) is 9.16. The maximum absolute atomic E-state index is 13.3. The molecule has 1 N–H and O–H groups in total. The van der Waals surface area contributed by atoms with Crippen LogP contribution >= 0.6 is 0 Å². The molecule has 0 spiro atoms. The third kappa shape index (κ3) is 3.43. The van der Waals surface area contributed by atoms with Gasteiger partial charge < -0.3 is 9.73 Å². The first kappa shape index (κ1) is 11.9. The molecule has 2 aromatic rings. The molecule has 0 saturated carbocycles. The van der Waals surface area contributed by atoms with E-state index in [1.165, 1.54) is 0 Å². The van der Waals surface area contributed by atoms with Crippen LogP contribution in [0.2, 0.25) is 0 Å². The van der Waals surface area contributed by atoms with Gasteiger partial charge >= 0.3 is 0 Å². The van der Waals surface area contributed by atoms with Crippen molar-refractivity contribution >= 4 is 0 Å². The average Bonchev–Trinajstić information content (AvgIpc) is 2.82. The van der Waals surface area contributed by atoms with Crippen LogP contribution in [0, 0.1) is 12.7 Å². The molecule has 3 heteroatoms. The fraction of sp³-hybridized carbons (Fsp3) is 0.286. The molecule has 1 aromatic carbocycles. The summed E-state index contributed by atoms with van der Waals surface area (Å²) in [5, 5.41) is 3.26. The van der Waals surface area contributed by atoms with E-state index >= 15 is 0 Å². The smallest absolute Gasteiger partial charge is 0.126 e. The number of aryl methyl sites for hydroxylation is 1. The predicted molar refractivity (Wildman–Crippen MR) is 65.3 cm³/mol. The second kappa shape index (κ2) is 5.64. The van der Waals surface area contributed by atoms with Crippen molar-refractivity contribution < 1.29 is 8.81 Å². The summed E-state index contributed by atoms with van der Waals surface area (Å²) in [6.45, 7) is 3.27. The molecule has 0 aliphatic heterocycles. The zero-order valence-electron chi connectivity index (χ0n) is 9.87. The Balaban J connectivity index is 1.76. The van der Waals surface area contributed by atoms with Crippen LogP contribution in [0.5, 0.6) is 0 Å². The molecule has 0 saturated heterocycles. The predicted octanol–water partition coefficient (Wildman–Crippen LogP) is 3.06. The van der Waals surface area contributed by atoms with E-state index in [-0.39, 0.29) is 5.82 Å². The van der Waals surface area contributed by atoms with Gasteiger partial charge in [-0.2, -0.15) is 0 Å². The van der Waals surface area contributed by atoms with Gasteiger partial charge in [0.2, 0.25) is 0 Å². The van der Waals surface area contributed by atoms with Gasteiger partial charge in [0.1, 0.15) is 11.6 Å². The number of nitrogens with one attached hydrogen (secondary N) is 1. The Morgan fingerprint density at radius 1 is 1.29 bits per heavy atom. The maximum atomic E-state index is 13.3. The van der Waals surface area contributed by atoms with Crippen molar-refractivity contribution in [1.29, 1.82) is 0 Å². The number of rotatable bonds is 5. The minimum atomic E-state index is -0.143. The highest BCUT2D eigenvalue weighted by Gasteiger charge is 1.99. The maximum Gasteiger partial charge on any atom is 0.126 e. The molecule has 0 aliphatic rings. The number of halogens is 1. The van der Waals surface area contributed by atoms with Crippen LogP contribution in [0.1, 0.15) is 16.9 Å². The second-order valence-corrected chi connectivity index (χ2v) is 4.09. The van der Waals surface area contributed by atoms with Gasteiger partial charge in [-0.3, -0.25) is 0 Å². The first-order valence-electron chi connectivity index (χ1n) is 5.74. The Kier molecular flexibility index (Phi) is 3.94. The number of hydrogen-bond donors (Lipinski definition) is 1. The van der Waals surface area contributed by atoms with Gasteiger partial charge in [-0.15, -0.1) is 0 Å². The highest BCUT2D eigenvalue weighted by Crippen LogP contribution is 2.08.